The highest BCUT2D eigenvalue weighted by Gasteiger charge is 2.35. The Labute approximate surface area is 332 Å². The van der Waals surface area contributed by atoms with Crippen molar-refractivity contribution in [3.05, 3.63) is 211 Å². The molecule has 0 spiro atoms. The minimum Gasteiger partial charge on any atom is -0.455 e. The van der Waals surface area contributed by atoms with E-state index in [4.69, 9.17) is 4.42 Å². The third kappa shape index (κ3) is 5.40. The summed E-state index contributed by atoms with van der Waals surface area (Å²) in [6.07, 6.45) is 0. The molecule has 11 rings (SSSR count). The summed E-state index contributed by atoms with van der Waals surface area (Å²) >= 11 is 0. The number of para-hydroxylation sites is 1. The largest absolute Gasteiger partial charge is 0.455 e. The molecule has 270 valence electrons. The maximum absolute atomic E-state index is 6.98. The fraction of sp³-hybridized carbons (Fsp3) is 0.0545. The molecule has 2 nitrogen and oxygen atoms in total. The van der Waals surface area contributed by atoms with Crippen molar-refractivity contribution in [3.8, 4) is 44.5 Å². The number of rotatable bonds is 6. The number of benzene rings is 9. The molecule has 9 aromatic carbocycles. The van der Waals surface area contributed by atoms with Gasteiger partial charge in [-0.15, -0.1) is 0 Å². The van der Waals surface area contributed by atoms with E-state index in [0.717, 1.165) is 50.1 Å². The van der Waals surface area contributed by atoms with E-state index in [2.05, 4.69) is 219 Å². The van der Waals surface area contributed by atoms with Crippen molar-refractivity contribution in [1.29, 1.82) is 0 Å². The smallest absolute Gasteiger partial charge is 0.143 e. The molecular formula is C55H39NO. The number of furan rings is 1. The van der Waals surface area contributed by atoms with Crippen LogP contribution in [0, 0.1) is 0 Å². The van der Waals surface area contributed by atoms with Gasteiger partial charge in [0.15, 0.2) is 0 Å². The van der Waals surface area contributed by atoms with Gasteiger partial charge in [0.25, 0.3) is 0 Å². The Kier molecular flexibility index (Phi) is 7.55. The second-order valence-corrected chi connectivity index (χ2v) is 15.7. The summed E-state index contributed by atoms with van der Waals surface area (Å²) < 4.78 is 6.98. The van der Waals surface area contributed by atoms with Crippen molar-refractivity contribution in [2.45, 2.75) is 19.3 Å². The highest BCUT2D eigenvalue weighted by molar-refractivity contribution is 6.18. The topological polar surface area (TPSA) is 16.4 Å². The van der Waals surface area contributed by atoms with Crippen molar-refractivity contribution in [2.75, 3.05) is 4.90 Å². The van der Waals surface area contributed by atoms with E-state index < -0.39 is 0 Å². The highest BCUT2D eigenvalue weighted by Crippen LogP contribution is 2.50. The first-order valence-electron chi connectivity index (χ1n) is 19.8. The molecule has 0 aliphatic heterocycles. The van der Waals surface area contributed by atoms with E-state index in [0.29, 0.717) is 0 Å². The van der Waals surface area contributed by atoms with Gasteiger partial charge in [-0.05, 0) is 109 Å². The molecule has 0 N–H and O–H groups in total. The van der Waals surface area contributed by atoms with Crippen LogP contribution in [-0.2, 0) is 5.41 Å². The predicted octanol–water partition coefficient (Wildman–Crippen LogP) is 15.5. The van der Waals surface area contributed by atoms with E-state index in [1.165, 1.54) is 55.3 Å². The first-order valence-corrected chi connectivity index (χ1v) is 19.8. The molecule has 57 heavy (non-hydrogen) atoms. The third-order valence-electron chi connectivity index (χ3n) is 12.1. The van der Waals surface area contributed by atoms with E-state index in [1.54, 1.807) is 0 Å². The van der Waals surface area contributed by atoms with Gasteiger partial charge >= 0.3 is 0 Å². The van der Waals surface area contributed by atoms with Gasteiger partial charge < -0.3 is 9.32 Å². The summed E-state index contributed by atoms with van der Waals surface area (Å²) in [5, 5.41) is 4.60. The minimum atomic E-state index is -0.0390. The molecule has 0 atom stereocenters. The lowest BCUT2D eigenvalue weighted by molar-refractivity contribution is 0.660. The molecule has 0 saturated carbocycles. The predicted molar refractivity (Wildman–Crippen MR) is 240 cm³/mol. The molecule has 0 bridgehead atoms. The first-order chi connectivity index (χ1) is 28.0. The Balaban J connectivity index is 1.01. The lowest BCUT2D eigenvalue weighted by Gasteiger charge is -2.25. The van der Waals surface area contributed by atoms with Crippen LogP contribution >= 0.6 is 0 Å². The van der Waals surface area contributed by atoms with Gasteiger partial charge in [-0.2, -0.15) is 0 Å². The second-order valence-electron chi connectivity index (χ2n) is 15.7. The Morgan fingerprint density at radius 2 is 0.965 bits per heavy atom. The van der Waals surface area contributed by atoms with Crippen molar-refractivity contribution >= 4 is 49.8 Å². The fourth-order valence-electron chi connectivity index (χ4n) is 9.16. The van der Waals surface area contributed by atoms with Crippen molar-refractivity contribution in [3.63, 3.8) is 0 Å². The van der Waals surface area contributed by atoms with Crippen LogP contribution in [0.25, 0.3) is 77.2 Å². The number of hydrogen-bond donors (Lipinski definition) is 0. The van der Waals surface area contributed by atoms with Crippen LogP contribution in [0.15, 0.2) is 205 Å². The molecule has 0 saturated heterocycles. The van der Waals surface area contributed by atoms with Gasteiger partial charge in [-0.25, -0.2) is 0 Å². The molecule has 1 heterocycles. The Bertz CT molecular complexity index is 3120. The van der Waals surface area contributed by atoms with Crippen molar-refractivity contribution < 1.29 is 4.42 Å². The summed E-state index contributed by atoms with van der Waals surface area (Å²) in [6, 6.07) is 72.4. The van der Waals surface area contributed by atoms with Gasteiger partial charge in [-0.1, -0.05) is 159 Å². The summed E-state index contributed by atoms with van der Waals surface area (Å²) in [5.74, 6) is 0. The lowest BCUT2D eigenvalue weighted by atomic mass is 9.81. The van der Waals surface area contributed by atoms with Crippen LogP contribution in [0.4, 0.5) is 17.1 Å². The standard InChI is InChI=1S/C55H39NO/c1-55(2)50-20-12-11-19-46(50)47-31-27-40(34-51(47)55)38-21-23-39(24-22-38)53-45-18-10-9-15-41(45)33-49-48-32-30-44(35-52(48)57-54(49)53)56(42-16-7-4-8-17-42)43-28-25-37(26-29-43)36-13-5-3-6-14-36/h3-35H,1-2H3. The van der Waals surface area contributed by atoms with Crippen LogP contribution in [0.5, 0.6) is 0 Å². The zero-order valence-electron chi connectivity index (χ0n) is 31.9. The summed E-state index contributed by atoms with van der Waals surface area (Å²) in [6.45, 7) is 4.68. The third-order valence-corrected chi connectivity index (χ3v) is 12.1. The molecule has 0 fully saturated rings. The minimum absolute atomic E-state index is 0.0390. The van der Waals surface area contributed by atoms with Gasteiger partial charge in [0.05, 0.1) is 0 Å². The zero-order chi connectivity index (χ0) is 38.1. The average molecular weight is 730 g/mol. The van der Waals surface area contributed by atoms with Crippen LogP contribution in [0.1, 0.15) is 25.0 Å². The number of fused-ring (bicyclic) bond motifs is 7. The maximum Gasteiger partial charge on any atom is 0.143 e. The van der Waals surface area contributed by atoms with E-state index >= 15 is 0 Å². The average Bonchev–Trinajstić information content (AvgIpc) is 3.74. The van der Waals surface area contributed by atoms with E-state index in [-0.39, 0.29) is 5.41 Å². The van der Waals surface area contributed by atoms with Crippen LogP contribution < -0.4 is 4.90 Å². The van der Waals surface area contributed by atoms with Crippen LogP contribution in [0.3, 0.4) is 0 Å². The highest BCUT2D eigenvalue weighted by atomic mass is 16.3. The SMILES string of the molecule is CC1(C)c2ccccc2-c2ccc(-c3ccc(-c4c5ccccc5cc5c4oc4cc(N(c6ccccc6)c6ccc(-c7ccccc7)cc6)ccc45)cc3)cc21. The first kappa shape index (κ1) is 33.2. The number of hydrogen-bond acceptors (Lipinski definition) is 2. The Morgan fingerprint density at radius 1 is 0.386 bits per heavy atom. The zero-order valence-corrected chi connectivity index (χ0v) is 31.9. The fourth-order valence-corrected chi connectivity index (χ4v) is 9.16. The number of anilines is 3. The van der Waals surface area contributed by atoms with Gasteiger partial charge in [-0.3, -0.25) is 0 Å². The van der Waals surface area contributed by atoms with E-state index in [9.17, 15) is 0 Å². The van der Waals surface area contributed by atoms with Crippen LogP contribution in [0.2, 0.25) is 0 Å². The summed E-state index contributed by atoms with van der Waals surface area (Å²) in [7, 11) is 0. The molecule has 2 heteroatoms. The molecular weight excluding hydrogens is 691 g/mol. The lowest BCUT2D eigenvalue weighted by Crippen LogP contribution is -2.14. The van der Waals surface area contributed by atoms with E-state index in [1.807, 2.05) is 0 Å². The quantitative estimate of drug-likeness (QED) is 0.169. The molecule has 0 amide bonds. The van der Waals surface area contributed by atoms with Gasteiger partial charge in [0.2, 0.25) is 0 Å². The van der Waals surface area contributed by atoms with Gasteiger partial charge in [0, 0.05) is 44.9 Å². The normalized spacial score (nSPS) is 12.9. The molecule has 1 aromatic heterocycles. The maximum atomic E-state index is 6.98. The summed E-state index contributed by atoms with van der Waals surface area (Å²) in [5.41, 5.74) is 17.5. The summed E-state index contributed by atoms with van der Waals surface area (Å²) in [4.78, 5) is 2.30. The monoisotopic (exact) mass is 729 g/mol. The van der Waals surface area contributed by atoms with Gasteiger partial charge in [0.1, 0.15) is 11.2 Å². The Hall–Kier alpha value is -7.16. The molecule has 0 unspecified atom stereocenters. The van der Waals surface area contributed by atoms with Crippen LogP contribution in [-0.4, -0.2) is 0 Å². The molecule has 10 aromatic rings. The number of nitrogens with zero attached hydrogens (tertiary/aromatic N) is 1. The molecule has 0 radical (unpaired) electrons. The second kappa shape index (κ2) is 13.0. The van der Waals surface area contributed by atoms with Crippen molar-refractivity contribution in [2.24, 2.45) is 0 Å². The molecule has 1 aliphatic rings. The Morgan fingerprint density at radius 3 is 1.77 bits per heavy atom. The van der Waals surface area contributed by atoms with Crippen molar-refractivity contribution in [1.82, 2.24) is 0 Å². The molecule has 1 aliphatic carbocycles.